The van der Waals surface area contributed by atoms with Crippen LogP contribution in [-0.4, -0.2) is 58.7 Å². The van der Waals surface area contributed by atoms with Gasteiger partial charge in [0.1, 0.15) is 22.8 Å². The molecule has 0 radical (unpaired) electrons. The van der Waals surface area contributed by atoms with Crippen LogP contribution in [0.3, 0.4) is 0 Å². The number of pyridine rings is 3. The van der Waals surface area contributed by atoms with Gasteiger partial charge in [-0.1, -0.05) is 6.42 Å². The summed E-state index contributed by atoms with van der Waals surface area (Å²) in [5.74, 6) is -0.623. The van der Waals surface area contributed by atoms with Gasteiger partial charge in [0.05, 0.1) is 24.6 Å². The van der Waals surface area contributed by atoms with Crippen molar-refractivity contribution in [1.82, 2.24) is 19.4 Å². The van der Waals surface area contributed by atoms with E-state index in [1.807, 2.05) is 0 Å². The molecule has 1 aliphatic heterocycles. The van der Waals surface area contributed by atoms with E-state index in [0.717, 1.165) is 32.1 Å². The van der Waals surface area contributed by atoms with E-state index in [4.69, 9.17) is 14.2 Å². The number of benzene rings is 3. The van der Waals surface area contributed by atoms with E-state index < -0.39 is 23.0 Å². The highest BCUT2D eigenvalue weighted by Gasteiger charge is 2.19. The number of ether oxygens (including phenoxy) is 3. The zero-order chi connectivity index (χ0) is 35.3. The highest BCUT2D eigenvalue weighted by molar-refractivity contribution is 6.05. The summed E-state index contributed by atoms with van der Waals surface area (Å²) in [6, 6.07) is 17.8. The molecule has 260 valence electrons. The number of nitrogens with one attached hydrogen (secondary N) is 1. The van der Waals surface area contributed by atoms with E-state index in [1.165, 1.54) is 72.6 Å². The molecule has 6 aromatic rings. The Labute approximate surface area is 292 Å². The maximum Gasteiger partial charge on any atom is 0.261 e. The van der Waals surface area contributed by atoms with Gasteiger partial charge in [0.25, 0.3) is 5.91 Å². The number of aromatic nitrogens is 3. The van der Waals surface area contributed by atoms with Crippen LogP contribution >= 0.6 is 0 Å². The quantitative estimate of drug-likeness (QED) is 0.139. The predicted octanol–water partition coefficient (Wildman–Crippen LogP) is 7.52. The smallest absolute Gasteiger partial charge is 0.261 e. The number of carbonyl (C=O) groups excluding carboxylic acids is 1. The van der Waals surface area contributed by atoms with Crippen LogP contribution in [0.1, 0.15) is 36.0 Å². The summed E-state index contributed by atoms with van der Waals surface area (Å²) in [5.41, 5.74) is 0.720. The molecule has 12 heteroatoms. The molecule has 7 rings (SSSR count). The molecule has 3 aromatic heterocycles. The highest BCUT2D eigenvalue weighted by atomic mass is 19.1. The first kappa shape index (κ1) is 33.6. The Morgan fingerprint density at radius 2 is 1.69 bits per heavy atom. The Hall–Kier alpha value is -5.88. The number of carbonyl (C=O) groups is 1. The van der Waals surface area contributed by atoms with Crippen LogP contribution in [-0.2, 0) is 0 Å². The lowest BCUT2D eigenvalue weighted by Gasteiger charge is -2.26. The van der Waals surface area contributed by atoms with Crippen molar-refractivity contribution in [3.8, 4) is 28.7 Å². The van der Waals surface area contributed by atoms with Crippen molar-refractivity contribution in [1.29, 1.82) is 0 Å². The maximum atomic E-state index is 15.5. The molecule has 0 saturated carbocycles. The van der Waals surface area contributed by atoms with Crippen molar-refractivity contribution in [3.63, 3.8) is 0 Å². The van der Waals surface area contributed by atoms with Crippen LogP contribution in [0.2, 0.25) is 0 Å². The molecule has 10 nitrogen and oxygen atoms in total. The van der Waals surface area contributed by atoms with Gasteiger partial charge in [-0.15, -0.1) is 0 Å². The first-order valence-corrected chi connectivity index (χ1v) is 16.7. The number of nitrogens with zero attached hydrogens (tertiary/aromatic N) is 4. The SMILES string of the molecule is COc1cc2c(Oc3ccc(NC(=O)c4cn(-c5ccc(F)cc5)c5ncccc5c4=O)cc3F)ccnc2cc1OCCCN1CCCCC1. The fourth-order valence-corrected chi connectivity index (χ4v) is 6.24. The number of rotatable bonds is 11. The van der Waals surface area contributed by atoms with Gasteiger partial charge in [0.2, 0.25) is 5.43 Å². The molecule has 0 unspecified atom stereocenters. The van der Waals surface area contributed by atoms with E-state index >= 15 is 4.39 Å². The van der Waals surface area contributed by atoms with Crippen molar-refractivity contribution in [3.05, 3.63) is 119 Å². The monoisotopic (exact) mass is 691 g/mol. The normalized spacial score (nSPS) is 13.3. The van der Waals surface area contributed by atoms with Gasteiger partial charge in [0.15, 0.2) is 23.1 Å². The van der Waals surface area contributed by atoms with E-state index in [-0.39, 0.29) is 22.4 Å². The molecule has 3 aromatic carbocycles. The Balaban J connectivity index is 1.08. The molecule has 0 bridgehead atoms. The van der Waals surface area contributed by atoms with Gasteiger partial charge >= 0.3 is 0 Å². The standard InChI is InChI=1S/C39H35F2N5O5/c1-49-35-22-29-32(23-36(35)50-20-6-19-45-17-3-2-4-18-45)42-16-14-33(29)51-34-13-10-26(21-31(34)41)44-39(48)30-24-46(27-11-8-25(40)9-12-27)38-28(37(30)47)7-5-15-43-38/h5,7-16,21-24H,2-4,6,17-20H2,1H3,(H,44,48). The number of hydrogen-bond acceptors (Lipinski definition) is 8. The third kappa shape index (κ3) is 7.36. The molecule has 4 heterocycles. The number of likely N-dealkylation sites (tertiary alicyclic amines) is 1. The number of halogens is 2. The molecule has 1 amide bonds. The average molecular weight is 692 g/mol. The van der Waals surface area contributed by atoms with Crippen molar-refractivity contribution >= 4 is 33.5 Å². The number of methoxy groups -OCH3 is 1. The van der Waals surface area contributed by atoms with Gasteiger partial charge in [-0.2, -0.15) is 0 Å². The maximum absolute atomic E-state index is 15.5. The minimum atomic E-state index is -0.758. The molecule has 1 aliphatic rings. The third-order valence-corrected chi connectivity index (χ3v) is 8.83. The largest absolute Gasteiger partial charge is 0.493 e. The molecule has 1 saturated heterocycles. The van der Waals surface area contributed by atoms with Crippen molar-refractivity contribution in [2.24, 2.45) is 0 Å². The Morgan fingerprint density at radius 3 is 2.47 bits per heavy atom. The lowest BCUT2D eigenvalue weighted by Crippen LogP contribution is -2.31. The highest BCUT2D eigenvalue weighted by Crippen LogP contribution is 2.38. The number of fused-ring (bicyclic) bond motifs is 2. The van der Waals surface area contributed by atoms with Gasteiger partial charge in [-0.3, -0.25) is 14.6 Å². The zero-order valence-electron chi connectivity index (χ0n) is 27.9. The molecule has 0 spiro atoms. The van der Waals surface area contributed by atoms with E-state index in [0.29, 0.717) is 46.1 Å². The molecule has 0 aliphatic carbocycles. The molecular formula is C39H35F2N5O5. The Kier molecular flexibility index (Phi) is 9.84. The summed E-state index contributed by atoms with van der Waals surface area (Å²) >= 11 is 0. The molecule has 1 fully saturated rings. The van der Waals surface area contributed by atoms with Crippen molar-refractivity contribution < 1.29 is 27.8 Å². The lowest BCUT2D eigenvalue weighted by molar-refractivity contribution is 0.102. The number of amides is 1. The van der Waals surface area contributed by atoms with Gasteiger partial charge in [0, 0.05) is 54.0 Å². The number of anilines is 1. The first-order valence-electron chi connectivity index (χ1n) is 16.7. The van der Waals surface area contributed by atoms with Gasteiger partial charge < -0.3 is 29.0 Å². The van der Waals surface area contributed by atoms with Crippen LogP contribution in [0.5, 0.6) is 23.0 Å². The van der Waals surface area contributed by atoms with Crippen LogP contribution in [0, 0.1) is 11.6 Å². The van der Waals surface area contributed by atoms with E-state index in [1.54, 1.807) is 43.6 Å². The number of hydrogen-bond donors (Lipinski definition) is 1. The van der Waals surface area contributed by atoms with Crippen LogP contribution in [0.15, 0.2) is 96.2 Å². The summed E-state index contributed by atoms with van der Waals surface area (Å²) in [5, 5.41) is 3.39. The minimum absolute atomic E-state index is 0.0899. The zero-order valence-corrected chi connectivity index (χ0v) is 27.9. The number of piperidine rings is 1. The molecule has 0 atom stereocenters. The second kappa shape index (κ2) is 14.9. The van der Waals surface area contributed by atoms with Crippen molar-refractivity contribution in [2.75, 3.05) is 38.7 Å². The summed E-state index contributed by atoms with van der Waals surface area (Å²) < 4.78 is 48.3. The molecule has 1 N–H and O–H groups in total. The van der Waals surface area contributed by atoms with Crippen molar-refractivity contribution in [2.45, 2.75) is 25.7 Å². The Bertz CT molecular complexity index is 2270. The second-order valence-electron chi connectivity index (χ2n) is 12.2. The average Bonchev–Trinajstić information content (AvgIpc) is 3.15. The third-order valence-electron chi connectivity index (χ3n) is 8.83. The Morgan fingerprint density at radius 1 is 0.863 bits per heavy atom. The lowest BCUT2D eigenvalue weighted by atomic mass is 10.1. The minimum Gasteiger partial charge on any atom is -0.493 e. The summed E-state index contributed by atoms with van der Waals surface area (Å²) in [4.78, 5) is 38.0. The predicted molar refractivity (Wildman–Crippen MR) is 190 cm³/mol. The molecule has 51 heavy (non-hydrogen) atoms. The fraction of sp³-hybridized carbons (Fsp3) is 0.231. The van der Waals surface area contributed by atoms with E-state index in [2.05, 4.69) is 20.2 Å². The van der Waals surface area contributed by atoms with Gasteiger partial charge in [-0.05, 0) is 93.0 Å². The van der Waals surface area contributed by atoms with E-state index in [9.17, 15) is 14.0 Å². The fourth-order valence-electron chi connectivity index (χ4n) is 6.24. The van der Waals surface area contributed by atoms with Crippen LogP contribution < -0.4 is 25.0 Å². The summed E-state index contributed by atoms with van der Waals surface area (Å²) in [6.07, 6.45) is 9.10. The summed E-state index contributed by atoms with van der Waals surface area (Å²) in [6.45, 7) is 3.79. The summed E-state index contributed by atoms with van der Waals surface area (Å²) in [7, 11) is 1.55. The van der Waals surface area contributed by atoms with Crippen LogP contribution in [0.4, 0.5) is 14.5 Å². The first-order chi connectivity index (χ1) is 24.9. The van der Waals surface area contributed by atoms with Crippen LogP contribution in [0.25, 0.3) is 27.6 Å². The second-order valence-corrected chi connectivity index (χ2v) is 12.2. The topological polar surface area (TPSA) is 108 Å². The van der Waals surface area contributed by atoms with Gasteiger partial charge in [-0.25, -0.2) is 13.8 Å². The molecular weight excluding hydrogens is 656 g/mol.